The van der Waals surface area contributed by atoms with E-state index in [1.54, 1.807) is 0 Å². The minimum atomic E-state index is 0.649. The molecule has 0 radical (unpaired) electrons. The summed E-state index contributed by atoms with van der Waals surface area (Å²) in [7, 11) is 0. The van der Waals surface area contributed by atoms with Crippen LogP contribution in [0.3, 0.4) is 0 Å². The molecule has 2 heterocycles. The molecule has 40 heavy (non-hydrogen) atoms. The lowest BCUT2D eigenvalue weighted by atomic mass is 10.1. The van der Waals surface area contributed by atoms with Crippen LogP contribution in [0.25, 0.3) is 66.2 Å². The highest BCUT2D eigenvalue weighted by molar-refractivity contribution is 6.10. The van der Waals surface area contributed by atoms with E-state index in [2.05, 4.69) is 83.1 Å². The molecule has 5 aromatic carbocycles. The number of hydrogen-bond acceptors (Lipinski definition) is 2. The van der Waals surface area contributed by atoms with E-state index in [4.69, 9.17) is 16.5 Å². The van der Waals surface area contributed by atoms with Crippen LogP contribution in [0.1, 0.15) is 5.56 Å². The molecule has 188 valence electrons. The standard InChI is InChI=1S/C36H24N4/c1-24-13-19-34-30(21-24)31-22-28(37-2)16-20-35(31)40(34)29-17-14-26(15-18-29)33-23-32(25-9-5-3-6-10-25)38-36(39-33)27-11-7-4-8-12-27/h3-23H,1H3. The first-order valence-corrected chi connectivity index (χ1v) is 13.2. The van der Waals surface area contributed by atoms with Gasteiger partial charge in [-0.15, -0.1) is 0 Å². The van der Waals surface area contributed by atoms with Crippen LogP contribution in [-0.2, 0) is 0 Å². The van der Waals surface area contributed by atoms with E-state index in [1.165, 1.54) is 5.56 Å². The summed E-state index contributed by atoms with van der Waals surface area (Å²) in [6.45, 7) is 9.60. The van der Waals surface area contributed by atoms with Crippen LogP contribution in [0.15, 0.2) is 127 Å². The van der Waals surface area contributed by atoms with Crippen molar-refractivity contribution in [3.05, 3.63) is 144 Å². The van der Waals surface area contributed by atoms with Crippen LogP contribution in [0, 0.1) is 13.5 Å². The van der Waals surface area contributed by atoms with Crippen molar-refractivity contribution in [2.24, 2.45) is 0 Å². The van der Waals surface area contributed by atoms with Gasteiger partial charge >= 0.3 is 0 Å². The molecule has 0 saturated heterocycles. The lowest BCUT2D eigenvalue weighted by Gasteiger charge is -2.11. The molecule has 0 amide bonds. The van der Waals surface area contributed by atoms with Gasteiger partial charge in [0.05, 0.1) is 29.0 Å². The summed E-state index contributed by atoms with van der Waals surface area (Å²) >= 11 is 0. The Balaban J connectivity index is 1.37. The van der Waals surface area contributed by atoms with Crippen molar-refractivity contribution in [2.75, 3.05) is 0 Å². The monoisotopic (exact) mass is 512 g/mol. The summed E-state index contributed by atoms with van der Waals surface area (Å²) in [4.78, 5) is 13.5. The molecule has 0 atom stereocenters. The third-order valence-electron chi connectivity index (χ3n) is 7.28. The predicted octanol–water partition coefficient (Wildman–Crippen LogP) is 9.43. The highest BCUT2D eigenvalue weighted by Crippen LogP contribution is 2.36. The summed E-state index contributed by atoms with van der Waals surface area (Å²) in [5.74, 6) is 0.703. The smallest absolute Gasteiger partial charge is 0.188 e. The van der Waals surface area contributed by atoms with Crippen molar-refractivity contribution < 1.29 is 0 Å². The Morgan fingerprint density at radius 3 is 1.80 bits per heavy atom. The Morgan fingerprint density at radius 1 is 0.575 bits per heavy atom. The number of benzene rings is 5. The Bertz CT molecular complexity index is 1990. The Kier molecular flexibility index (Phi) is 5.69. The van der Waals surface area contributed by atoms with Crippen molar-refractivity contribution in [1.29, 1.82) is 0 Å². The van der Waals surface area contributed by atoms with Gasteiger partial charge in [-0.1, -0.05) is 90.5 Å². The largest absolute Gasteiger partial charge is 0.309 e. The molecule has 0 fully saturated rings. The first-order valence-electron chi connectivity index (χ1n) is 13.2. The fraction of sp³-hybridized carbons (Fsp3) is 0.0278. The molecule has 0 spiro atoms. The predicted molar refractivity (Wildman–Crippen MR) is 164 cm³/mol. The molecule has 0 aliphatic rings. The molecule has 4 heteroatoms. The van der Waals surface area contributed by atoms with Crippen LogP contribution in [0.5, 0.6) is 0 Å². The minimum Gasteiger partial charge on any atom is -0.309 e. The lowest BCUT2D eigenvalue weighted by Crippen LogP contribution is -1.97. The SMILES string of the molecule is [C-]#[N+]c1ccc2c(c1)c1cc(C)ccc1n2-c1ccc(-c2cc(-c3ccccc3)nc(-c3ccccc3)n2)cc1. The normalized spacial score (nSPS) is 11.1. The van der Waals surface area contributed by atoms with Gasteiger partial charge < -0.3 is 4.57 Å². The molecule has 4 nitrogen and oxygen atoms in total. The van der Waals surface area contributed by atoms with Crippen molar-refractivity contribution in [2.45, 2.75) is 6.92 Å². The van der Waals surface area contributed by atoms with Gasteiger partial charge in [0, 0.05) is 27.8 Å². The van der Waals surface area contributed by atoms with E-state index in [1.807, 2.05) is 60.7 Å². The first kappa shape index (κ1) is 23.6. The topological polar surface area (TPSA) is 35.1 Å². The zero-order chi connectivity index (χ0) is 27.1. The Labute approximate surface area is 232 Å². The fourth-order valence-electron chi connectivity index (χ4n) is 5.32. The van der Waals surface area contributed by atoms with Crippen molar-refractivity contribution >= 4 is 27.5 Å². The van der Waals surface area contributed by atoms with Gasteiger partial charge in [0.25, 0.3) is 0 Å². The molecule has 0 saturated carbocycles. The number of aryl methyl sites for hydroxylation is 1. The average Bonchev–Trinajstić information content (AvgIpc) is 3.34. The summed E-state index contributed by atoms with van der Waals surface area (Å²) < 4.78 is 2.27. The van der Waals surface area contributed by atoms with E-state index in [9.17, 15) is 0 Å². The van der Waals surface area contributed by atoms with Crippen molar-refractivity contribution in [1.82, 2.24) is 14.5 Å². The molecular weight excluding hydrogens is 488 g/mol. The zero-order valence-corrected chi connectivity index (χ0v) is 21.9. The maximum absolute atomic E-state index is 7.49. The maximum Gasteiger partial charge on any atom is 0.188 e. The minimum absolute atomic E-state index is 0.649. The molecule has 0 N–H and O–H groups in total. The molecule has 0 bridgehead atoms. The van der Waals surface area contributed by atoms with Gasteiger partial charge in [0.1, 0.15) is 0 Å². The van der Waals surface area contributed by atoms with E-state index in [-0.39, 0.29) is 0 Å². The van der Waals surface area contributed by atoms with E-state index in [0.717, 1.165) is 55.6 Å². The third kappa shape index (κ3) is 4.11. The second-order valence-corrected chi connectivity index (χ2v) is 9.91. The number of rotatable bonds is 4. The molecule has 7 rings (SSSR count). The van der Waals surface area contributed by atoms with Crippen molar-refractivity contribution in [3.63, 3.8) is 0 Å². The number of aromatic nitrogens is 3. The molecule has 0 aliphatic carbocycles. The Hall–Kier alpha value is -5.53. The van der Waals surface area contributed by atoms with Gasteiger partial charge in [-0.3, -0.25) is 0 Å². The van der Waals surface area contributed by atoms with Crippen molar-refractivity contribution in [3.8, 4) is 39.6 Å². The van der Waals surface area contributed by atoms with Crippen LogP contribution in [0.2, 0.25) is 0 Å². The summed E-state index contributed by atoms with van der Waals surface area (Å²) in [5.41, 5.74) is 9.93. The second kappa shape index (κ2) is 9.65. The van der Waals surface area contributed by atoms with E-state index in [0.29, 0.717) is 11.5 Å². The van der Waals surface area contributed by atoms with E-state index < -0.39 is 0 Å². The summed E-state index contributed by atoms with van der Waals surface area (Å²) in [6, 6.07) is 43.4. The maximum atomic E-state index is 7.49. The highest BCUT2D eigenvalue weighted by atomic mass is 15.0. The van der Waals surface area contributed by atoms with Crippen LogP contribution in [-0.4, -0.2) is 14.5 Å². The van der Waals surface area contributed by atoms with Gasteiger partial charge in [0.15, 0.2) is 11.5 Å². The third-order valence-corrected chi connectivity index (χ3v) is 7.28. The molecule has 2 aromatic heterocycles. The molecular formula is C36H24N4. The Morgan fingerprint density at radius 2 is 1.15 bits per heavy atom. The lowest BCUT2D eigenvalue weighted by molar-refractivity contribution is 1.17. The molecule has 0 unspecified atom stereocenters. The van der Waals surface area contributed by atoms with Gasteiger partial charge in [0.2, 0.25) is 0 Å². The number of fused-ring (bicyclic) bond motifs is 3. The number of hydrogen-bond donors (Lipinski definition) is 0. The van der Waals surface area contributed by atoms with Crippen LogP contribution >= 0.6 is 0 Å². The second-order valence-electron chi connectivity index (χ2n) is 9.91. The summed E-state index contributed by atoms with van der Waals surface area (Å²) in [5, 5.41) is 2.24. The fourth-order valence-corrected chi connectivity index (χ4v) is 5.32. The van der Waals surface area contributed by atoms with Gasteiger partial charge in [-0.05, 0) is 54.8 Å². The molecule has 7 aromatic rings. The van der Waals surface area contributed by atoms with Gasteiger partial charge in [-0.25, -0.2) is 14.8 Å². The highest BCUT2D eigenvalue weighted by Gasteiger charge is 2.14. The zero-order valence-electron chi connectivity index (χ0n) is 21.9. The number of nitrogens with zero attached hydrogens (tertiary/aromatic N) is 4. The van der Waals surface area contributed by atoms with Gasteiger partial charge in [-0.2, -0.15) is 0 Å². The first-order chi connectivity index (χ1) is 19.7. The average molecular weight is 513 g/mol. The van der Waals surface area contributed by atoms with E-state index >= 15 is 0 Å². The van der Waals surface area contributed by atoms with Crippen LogP contribution in [0.4, 0.5) is 5.69 Å². The summed E-state index contributed by atoms with van der Waals surface area (Å²) in [6.07, 6.45) is 0. The van der Waals surface area contributed by atoms with Crippen LogP contribution < -0.4 is 0 Å². The molecule has 0 aliphatic heterocycles. The quantitative estimate of drug-likeness (QED) is 0.220.